The van der Waals surface area contributed by atoms with Gasteiger partial charge in [0.25, 0.3) is 0 Å². The molecule has 1 aromatic rings. The highest BCUT2D eigenvalue weighted by molar-refractivity contribution is 7.89. The van der Waals surface area contributed by atoms with Gasteiger partial charge in [0, 0.05) is 13.2 Å². The van der Waals surface area contributed by atoms with Crippen LogP contribution >= 0.6 is 0 Å². The van der Waals surface area contributed by atoms with E-state index in [1.54, 1.807) is 13.8 Å². The quantitative estimate of drug-likeness (QED) is 0.815. The molecule has 1 rings (SSSR count). The summed E-state index contributed by atoms with van der Waals surface area (Å²) in [6.45, 7) is 9.66. The van der Waals surface area contributed by atoms with E-state index in [1.165, 1.54) is 0 Å². The Morgan fingerprint density at radius 1 is 1.39 bits per heavy atom. The Labute approximate surface area is 108 Å². The summed E-state index contributed by atoms with van der Waals surface area (Å²) in [4.78, 5) is 0.217. The molecule has 0 saturated heterocycles. The lowest BCUT2D eigenvalue weighted by Gasteiger charge is -2.24. The number of aromatic nitrogens is 2. The molecule has 0 aliphatic rings. The topological polar surface area (TPSA) is 84.1 Å². The van der Waals surface area contributed by atoms with Crippen LogP contribution in [0.1, 0.15) is 32.2 Å². The van der Waals surface area contributed by atoms with Gasteiger partial charge in [0.15, 0.2) is 0 Å². The van der Waals surface area contributed by atoms with Crippen molar-refractivity contribution in [3.8, 4) is 0 Å². The summed E-state index contributed by atoms with van der Waals surface area (Å²) in [5.41, 5.74) is 0.469. The summed E-state index contributed by atoms with van der Waals surface area (Å²) >= 11 is 0. The summed E-state index contributed by atoms with van der Waals surface area (Å²) in [5.74, 6) is 0. The van der Waals surface area contributed by atoms with Gasteiger partial charge >= 0.3 is 0 Å². The SMILES string of the molecule is CCOC(C)(C)CNS(=O)(=O)c1c(C)n[nH]c1C. The highest BCUT2D eigenvalue weighted by Gasteiger charge is 2.26. The van der Waals surface area contributed by atoms with Crippen LogP contribution in [0.5, 0.6) is 0 Å². The lowest BCUT2D eigenvalue weighted by atomic mass is 10.1. The van der Waals surface area contributed by atoms with Crippen LogP contribution < -0.4 is 4.72 Å². The third-order valence-electron chi connectivity index (χ3n) is 2.55. The Hall–Kier alpha value is -0.920. The molecular formula is C11H21N3O3S. The molecule has 0 fully saturated rings. The van der Waals surface area contributed by atoms with Crippen molar-refractivity contribution in [2.24, 2.45) is 0 Å². The first-order valence-corrected chi connectivity index (χ1v) is 7.33. The molecule has 6 nitrogen and oxygen atoms in total. The Bertz CT molecular complexity index is 486. The second-order valence-electron chi connectivity index (χ2n) is 4.78. The van der Waals surface area contributed by atoms with E-state index in [4.69, 9.17) is 4.74 Å². The normalized spacial score (nSPS) is 12.9. The fourth-order valence-electron chi connectivity index (χ4n) is 1.72. The van der Waals surface area contributed by atoms with Crippen LogP contribution in [0.4, 0.5) is 0 Å². The molecule has 0 aromatic carbocycles. The number of aryl methyl sites for hydroxylation is 2. The van der Waals surface area contributed by atoms with Crippen molar-refractivity contribution < 1.29 is 13.2 Å². The average Bonchev–Trinajstić information content (AvgIpc) is 2.56. The molecule has 1 heterocycles. The summed E-state index contributed by atoms with van der Waals surface area (Å²) < 4.78 is 32.3. The number of nitrogens with zero attached hydrogens (tertiary/aromatic N) is 1. The van der Waals surface area contributed by atoms with E-state index in [1.807, 2.05) is 20.8 Å². The summed E-state index contributed by atoms with van der Waals surface area (Å²) in [6.07, 6.45) is 0. The lowest BCUT2D eigenvalue weighted by Crippen LogP contribution is -2.40. The molecule has 18 heavy (non-hydrogen) atoms. The molecule has 104 valence electrons. The van der Waals surface area contributed by atoms with Crippen molar-refractivity contribution in [2.45, 2.75) is 45.1 Å². The van der Waals surface area contributed by atoms with E-state index in [9.17, 15) is 8.42 Å². The molecular weight excluding hydrogens is 254 g/mol. The molecule has 1 aromatic heterocycles. The number of hydrogen-bond donors (Lipinski definition) is 2. The molecule has 0 atom stereocenters. The van der Waals surface area contributed by atoms with E-state index < -0.39 is 15.6 Å². The van der Waals surface area contributed by atoms with Gasteiger partial charge in [-0.2, -0.15) is 5.10 Å². The molecule has 0 spiro atoms. The predicted molar refractivity (Wildman–Crippen MR) is 69.0 cm³/mol. The predicted octanol–water partition coefficient (Wildman–Crippen LogP) is 1.12. The standard InChI is InChI=1S/C11H21N3O3S/c1-6-17-11(4,5)7-12-18(15,16)10-8(2)13-14-9(10)3/h12H,6-7H2,1-5H3,(H,13,14). The van der Waals surface area contributed by atoms with Gasteiger partial charge in [-0.05, 0) is 34.6 Å². The molecule has 0 amide bonds. The van der Waals surface area contributed by atoms with Crippen molar-refractivity contribution in [3.05, 3.63) is 11.4 Å². The summed E-state index contributed by atoms with van der Waals surface area (Å²) in [5, 5.41) is 6.55. The van der Waals surface area contributed by atoms with Crippen molar-refractivity contribution in [3.63, 3.8) is 0 Å². The maximum Gasteiger partial charge on any atom is 0.244 e. The zero-order valence-electron chi connectivity index (χ0n) is 11.5. The highest BCUT2D eigenvalue weighted by atomic mass is 32.2. The minimum absolute atomic E-state index is 0.216. The number of nitrogens with one attached hydrogen (secondary N) is 2. The number of hydrogen-bond acceptors (Lipinski definition) is 4. The number of H-pyrrole nitrogens is 1. The van der Waals surface area contributed by atoms with Crippen molar-refractivity contribution >= 4 is 10.0 Å². The molecule has 0 aliphatic carbocycles. The van der Waals surface area contributed by atoms with Gasteiger partial charge < -0.3 is 4.74 Å². The summed E-state index contributed by atoms with van der Waals surface area (Å²) in [7, 11) is -3.55. The van der Waals surface area contributed by atoms with Crippen molar-refractivity contribution in [1.29, 1.82) is 0 Å². The summed E-state index contributed by atoms with van der Waals surface area (Å²) in [6, 6.07) is 0. The zero-order valence-corrected chi connectivity index (χ0v) is 12.3. The fourth-order valence-corrected chi connectivity index (χ4v) is 3.28. The Morgan fingerprint density at radius 2 is 2.00 bits per heavy atom. The smallest absolute Gasteiger partial charge is 0.244 e. The minimum Gasteiger partial charge on any atom is -0.375 e. The van der Waals surface area contributed by atoms with Crippen LogP contribution in [-0.2, 0) is 14.8 Å². The van der Waals surface area contributed by atoms with Crippen LogP contribution in [0.2, 0.25) is 0 Å². The molecule has 0 unspecified atom stereocenters. The number of rotatable bonds is 6. The molecule has 0 saturated carbocycles. The van der Waals surface area contributed by atoms with Gasteiger partial charge in [-0.25, -0.2) is 13.1 Å². The van der Waals surface area contributed by atoms with E-state index in [-0.39, 0.29) is 11.4 Å². The number of sulfonamides is 1. The van der Waals surface area contributed by atoms with Gasteiger partial charge in [0.05, 0.1) is 17.0 Å². The van der Waals surface area contributed by atoms with Crippen molar-refractivity contribution in [1.82, 2.24) is 14.9 Å². The second kappa shape index (κ2) is 5.38. The monoisotopic (exact) mass is 275 g/mol. The second-order valence-corrected chi connectivity index (χ2v) is 6.48. The van der Waals surface area contributed by atoms with Crippen molar-refractivity contribution in [2.75, 3.05) is 13.2 Å². The first kappa shape index (κ1) is 15.1. The molecule has 0 radical (unpaired) electrons. The average molecular weight is 275 g/mol. The fraction of sp³-hybridized carbons (Fsp3) is 0.727. The third-order valence-corrected chi connectivity index (χ3v) is 4.22. The minimum atomic E-state index is -3.55. The number of aromatic amines is 1. The Balaban J connectivity index is 2.84. The van der Waals surface area contributed by atoms with Gasteiger partial charge in [-0.15, -0.1) is 0 Å². The van der Waals surface area contributed by atoms with Gasteiger partial charge in [-0.1, -0.05) is 0 Å². The van der Waals surface area contributed by atoms with Crippen LogP contribution in [0.15, 0.2) is 4.90 Å². The van der Waals surface area contributed by atoms with Crippen LogP contribution in [0, 0.1) is 13.8 Å². The number of ether oxygens (including phenoxy) is 1. The van der Waals surface area contributed by atoms with Gasteiger partial charge in [-0.3, -0.25) is 5.10 Å². The van der Waals surface area contributed by atoms with E-state index >= 15 is 0 Å². The largest absolute Gasteiger partial charge is 0.375 e. The van der Waals surface area contributed by atoms with Crippen LogP contribution in [0.3, 0.4) is 0 Å². The maximum atomic E-state index is 12.2. The lowest BCUT2D eigenvalue weighted by molar-refractivity contribution is -0.00515. The molecule has 2 N–H and O–H groups in total. The molecule has 0 bridgehead atoms. The third kappa shape index (κ3) is 3.54. The Kier molecular flexibility index (Phi) is 4.52. The highest BCUT2D eigenvalue weighted by Crippen LogP contribution is 2.17. The maximum absolute atomic E-state index is 12.2. The van der Waals surface area contributed by atoms with E-state index in [2.05, 4.69) is 14.9 Å². The zero-order chi connectivity index (χ0) is 14.0. The molecule has 0 aliphatic heterocycles. The van der Waals surface area contributed by atoms with E-state index in [0.717, 1.165) is 0 Å². The van der Waals surface area contributed by atoms with E-state index in [0.29, 0.717) is 18.0 Å². The van der Waals surface area contributed by atoms with Gasteiger partial charge in [0.1, 0.15) is 4.90 Å². The van der Waals surface area contributed by atoms with Crippen LogP contribution in [0.25, 0.3) is 0 Å². The Morgan fingerprint density at radius 3 is 2.44 bits per heavy atom. The first-order chi connectivity index (χ1) is 8.19. The first-order valence-electron chi connectivity index (χ1n) is 5.85. The van der Waals surface area contributed by atoms with Gasteiger partial charge in [0.2, 0.25) is 10.0 Å². The van der Waals surface area contributed by atoms with Crippen LogP contribution in [-0.4, -0.2) is 37.4 Å². The molecule has 7 heteroatoms.